The molecule has 0 unspecified atom stereocenters. The van der Waals surface area contributed by atoms with Crippen molar-refractivity contribution in [3.8, 4) is 0 Å². The highest BCUT2D eigenvalue weighted by Crippen LogP contribution is 2.15. The molecular formula is C15H25N3O2. The summed E-state index contributed by atoms with van der Waals surface area (Å²) in [5.41, 5.74) is 0.574. The Labute approximate surface area is 121 Å². The number of nitrogens with zero attached hydrogens (tertiary/aromatic N) is 2. The molecule has 0 aliphatic rings. The summed E-state index contributed by atoms with van der Waals surface area (Å²) in [6, 6.07) is 3.56. The molecule has 0 aromatic carbocycles. The highest BCUT2D eigenvalue weighted by atomic mass is 16.3. The molecule has 0 saturated heterocycles. The molecule has 0 aliphatic heterocycles. The minimum atomic E-state index is -0.905. The van der Waals surface area contributed by atoms with Gasteiger partial charge in [0.05, 0.1) is 5.60 Å². The van der Waals surface area contributed by atoms with Gasteiger partial charge in [-0.2, -0.15) is 0 Å². The van der Waals surface area contributed by atoms with Crippen molar-refractivity contribution in [1.29, 1.82) is 0 Å². The zero-order valence-corrected chi connectivity index (χ0v) is 13.0. The van der Waals surface area contributed by atoms with Crippen LogP contribution in [0.5, 0.6) is 0 Å². The van der Waals surface area contributed by atoms with Gasteiger partial charge in [0.25, 0.3) is 5.91 Å². The van der Waals surface area contributed by atoms with Crippen LogP contribution in [0.2, 0.25) is 0 Å². The first-order valence-corrected chi connectivity index (χ1v) is 7.01. The van der Waals surface area contributed by atoms with Crippen LogP contribution in [0.25, 0.3) is 0 Å². The van der Waals surface area contributed by atoms with Crippen LogP contribution in [0.3, 0.4) is 0 Å². The van der Waals surface area contributed by atoms with Crippen molar-refractivity contribution in [3.63, 3.8) is 0 Å². The quantitative estimate of drug-likeness (QED) is 0.835. The number of rotatable bonds is 6. The summed E-state index contributed by atoms with van der Waals surface area (Å²) in [5.74, 6) is 0.607. The van der Waals surface area contributed by atoms with Crippen molar-refractivity contribution >= 4 is 11.7 Å². The second kappa shape index (κ2) is 6.70. The van der Waals surface area contributed by atoms with Crippen LogP contribution in [-0.2, 0) is 6.42 Å². The average Bonchev–Trinajstić information content (AvgIpc) is 2.42. The SMILES string of the molecule is CCc1cc(C(=O)N(CC)CC(C)(C)O)cc(NC)n1. The van der Waals surface area contributed by atoms with Crippen LogP contribution < -0.4 is 5.32 Å². The minimum absolute atomic E-state index is 0.0803. The predicted molar refractivity (Wildman–Crippen MR) is 81.0 cm³/mol. The number of aliphatic hydroxyl groups is 1. The summed E-state index contributed by atoms with van der Waals surface area (Å²) < 4.78 is 0. The molecule has 20 heavy (non-hydrogen) atoms. The number of hydrogen-bond donors (Lipinski definition) is 2. The maximum Gasteiger partial charge on any atom is 0.254 e. The lowest BCUT2D eigenvalue weighted by atomic mass is 10.1. The zero-order valence-electron chi connectivity index (χ0n) is 13.0. The van der Waals surface area contributed by atoms with E-state index in [0.717, 1.165) is 12.1 Å². The molecule has 0 saturated carbocycles. The fourth-order valence-electron chi connectivity index (χ4n) is 2.00. The van der Waals surface area contributed by atoms with E-state index in [9.17, 15) is 9.90 Å². The molecule has 0 bridgehead atoms. The first kappa shape index (κ1) is 16.4. The number of anilines is 1. The Morgan fingerprint density at radius 1 is 1.40 bits per heavy atom. The van der Waals surface area contributed by atoms with Crippen LogP contribution in [-0.4, -0.2) is 46.6 Å². The predicted octanol–water partition coefficient (Wildman–Crippen LogP) is 1.92. The molecule has 1 rings (SSSR count). The van der Waals surface area contributed by atoms with Gasteiger partial charge in [-0.3, -0.25) is 4.79 Å². The molecule has 0 fully saturated rings. The van der Waals surface area contributed by atoms with Crippen LogP contribution in [0.1, 0.15) is 43.7 Å². The standard InChI is InChI=1S/C15H25N3O2/c1-6-12-8-11(9-13(16-5)17-12)14(19)18(7-2)10-15(3,4)20/h8-9,20H,6-7,10H2,1-5H3,(H,16,17). The number of carbonyl (C=O) groups is 1. The van der Waals surface area contributed by atoms with Crippen molar-refractivity contribution < 1.29 is 9.90 Å². The van der Waals surface area contributed by atoms with Crippen molar-refractivity contribution in [3.05, 3.63) is 23.4 Å². The van der Waals surface area contributed by atoms with E-state index in [1.54, 1.807) is 31.9 Å². The van der Waals surface area contributed by atoms with Crippen molar-refractivity contribution in [1.82, 2.24) is 9.88 Å². The van der Waals surface area contributed by atoms with Crippen molar-refractivity contribution in [2.75, 3.05) is 25.5 Å². The lowest BCUT2D eigenvalue weighted by molar-refractivity contribution is 0.0314. The monoisotopic (exact) mass is 279 g/mol. The number of carbonyl (C=O) groups excluding carboxylic acids is 1. The van der Waals surface area contributed by atoms with Gasteiger partial charge in [0.1, 0.15) is 5.82 Å². The van der Waals surface area contributed by atoms with E-state index in [1.807, 2.05) is 19.9 Å². The lowest BCUT2D eigenvalue weighted by Gasteiger charge is -2.28. The fraction of sp³-hybridized carbons (Fsp3) is 0.600. The van der Waals surface area contributed by atoms with Gasteiger partial charge in [-0.05, 0) is 39.3 Å². The summed E-state index contributed by atoms with van der Waals surface area (Å²) in [7, 11) is 1.78. The molecule has 5 nitrogen and oxygen atoms in total. The highest BCUT2D eigenvalue weighted by molar-refractivity contribution is 5.95. The normalized spacial score (nSPS) is 11.3. The fourth-order valence-corrected chi connectivity index (χ4v) is 2.00. The van der Waals surface area contributed by atoms with Crippen LogP contribution >= 0.6 is 0 Å². The number of amides is 1. The first-order chi connectivity index (χ1) is 9.30. The van der Waals surface area contributed by atoms with Crippen LogP contribution in [0.4, 0.5) is 5.82 Å². The molecule has 1 heterocycles. The Morgan fingerprint density at radius 2 is 2.05 bits per heavy atom. The van der Waals surface area contributed by atoms with E-state index >= 15 is 0 Å². The number of hydrogen-bond acceptors (Lipinski definition) is 4. The molecule has 0 atom stereocenters. The number of aryl methyl sites for hydroxylation is 1. The highest BCUT2D eigenvalue weighted by Gasteiger charge is 2.22. The number of nitrogens with one attached hydrogen (secondary N) is 1. The number of aromatic nitrogens is 1. The van der Waals surface area contributed by atoms with Gasteiger partial charge in [0.2, 0.25) is 0 Å². The van der Waals surface area contributed by atoms with E-state index in [0.29, 0.717) is 24.5 Å². The first-order valence-electron chi connectivity index (χ1n) is 7.01. The topological polar surface area (TPSA) is 65.5 Å². The Morgan fingerprint density at radius 3 is 2.50 bits per heavy atom. The lowest BCUT2D eigenvalue weighted by Crippen LogP contribution is -2.42. The van der Waals surface area contributed by atoms with Gasteiger partial charge in [-0.25, -0.2) is 4.98 Å². The van der Waals surface area contributed by atoms with E-state index in [2.05, 4.69) is 10.3 Å². The summed E-state index contributed by atoms with van der Waals surface area (Å²) in [4.78, 5) is 18.6. The molecule has 1 aromatic heterocycles. The Bertz CT molecular complexity index is 444. The smallest absolute Gasteiger partial charge is 0.254 e. The molecule has 0 aliphatic carbocycles. The minimum Gasteiger partial charge on any atom is -0.389 e. The molecule has 112 valence electrons. The van der Waals surface area contributed by atoms with E-state index in [-0.39, 0.29) is 5.91 Å². The van der Waals surface area contributed by atoms with Gasteiger partial charge in [-0.15, -0.1) is 0 Å². The van der Waals surface area contributed by atoms with E-state index in [1.165, 1.54) is 0 Å². The zero-order chi connectivity index (χ0) is 15.3. The molecule has 1 amide bonds. The van der Waals surface area contributed by atoms with Gasteiger partial charge < -0.3 is 15.3 Å². The molecule has 0 radical (unpaired) electrons. The van der Waals surface area contributed by atoms with Crippen LogP contribution in [0.15, 0.2) is 12.1 Å². The van der Waals surface area contributed by atoms with Crippen LogP contribution in [0, 0.1) is 0 Å². The number of likely N-dealkylation sites (N-methyl/N-ethyl adjacent to an activating group) is 1. The number of pyridine rings is 1. The largest absolute Gasteiger partial charge is 0.389 e. The van der Waals surface area contributed by atoms with Crippen molar-refractivity contribution in [2.24, 2.45) is 0 Å². The Kier molecular flexibility index (Phi) is 5.51. The summed E-state index contributed by atoms with van der Waals surface area (Å²) in [6.45, 7) is 8.18. The maximum absolute atomic E-state index is 12.5. The summed E-state index contributed by atoms with van der Waals surface area (Å²) in [6.07, 6.45) is 0.771. The third kappa shape index (κ3) is 4.49. The molecule has 5 heteroatoms. The van der Waals surface area contributed by atoms with Crippen molar-refractivity contribution in [2.45, 2.75) is 39.7 Å². The molecule has 0 spiro atoms. The summed E-state index contributed by atoms with van der Waals surface area (Å²) >= 11 is 0. The van der Waals surface area contributed by atoms with Gasteiger partial charge >= 0.3 is 0 Å². The molecular weight excluding hydrogens is 254 g/mol. The molecule has 2 N–H and O–H groups in total. The Hall–Kier alpha value is -1.62. The van der Waals surface area contributed by atoms with Gasteiger partial charge in [0.15, 0.2) is 0 Å². The third-order valence-corrected chi connectivity index (χ3v) is 2.99. The second-order valence-electron chi connectivity index (χ2n) is 5.47. The summed E-state index contributed by atoms with van der Waals surface area (Å²) in [5, 5.41) is 12.9. The van der Waals surface area contributed by atoms with E-state index < -0.39 is 5.60 Å². The van der Waals surface area contributed by atoms with Gasteiger partial charge in [-0.1, -0.05) is 6.92 Å². The molecule has 1 aromatic rings. The van der Waals surface area contributed by atoms with E-state index in [4.69, 9.17) is 0 Å². The van der Waals surface area contributed by atoms with Gasteiger partial charge in [0, 0.05) is 31.4 Å². The Balaban J connectivity index is 3.05. The second-order valence-corrected chi connectivity index (χ2v) is 5.47. The third-order valence-electron chi connectivity index (χ3n) is 2.99. The average molecular weight is 279 g/mol. The maximum atomic E-state index is 12.5.